The number of hydrogen-bond donors (Lipinski definition) is 3. The van der Waals surface area contributed by atoms with Crippen molar-refractivity contribution in [1.29, 1.82) is 0 Å². The highest BCUT2D eigenvalue weighted by Gasteiger charge is 2.13. The van der Waals surface area contributed by atoms with E-state index in [1.54, 1.807) is 30.3 Å². The molecule has 0 fully saturated rings. The van der Waals surface area contributed by atoms with E-state index >= 15 is 0 Å². The molecule has 1 heterocycles. The highest BCUT2D eigenvalue weighted by atomic mass is 35.5. The van der Waals surface area contributed by atoms with Crippen LogP contribution in [-0.4, -0.2) is 16.5 Å². The summed E-state index contributed by atoms with van der Waals surface area (Å²) < 4.78 is 14.6. The van der Waals surface area contributed by atoms with Gasteiger partial charge in [-0.3, -0.25) is 15.0 Å². The van der Waals surface area contributed by atoms with Gasteiger partial charge in [0.1, 0.15) is 11.4 Å². The molecule has 0 unspecified atom stereocenters. The molecule has 3 N–H and O–H groups in total. The fourth-order valence-electron chi connectivity index (χ4n) is 2.54. The molecule has 0 saturated carbocycles. The van der Waals surface area contributed by atoms with Crippen LogP contribution in [0.2, 0.25) is 5.02 Å². The number of amides is 3. The highest BCUT2D eigenvalue weighted by molar-refractivity contribution is 6.30. The van der Waals surface area contributed by atoms with E-state index in [4.69, 9.17) is 11.6 Å². The Morgan fingerprint density at radius 3 is 2.48 bits per heavy atom. The van der Waals surface area contributed by atoms with Crippen molar-refractivity contribution in [2.75, 3.05) is 5.32 Å². The summed E-state index contributed by atoms with van der Waals surface area (Å²) in [7, 11) is 0. The maximum absolute atomic E-state index is 13.3. The summed E-state index contributed by atoms with van der Waals surface area (Å²) in [5, 5.41) is 3.01. The fourth-order valence-corrected chi connectivity index (χ4v) is 2.67. The van der Waals surface area contributed by atoms with E-state index in [-0.39, 0.29) is 12.1 Å². The Labute approximate surface area is 170 Å². The number of nitrogens with zero attached hydrogens (tertiary/aromatic N) is 1. The van der Waals surface area contributed by atoms with Crippen LogP contribution in [0.3, 0.4) is 0 Å². The Morgan fingerprint density at radius 2 is 1.76 bits per heavy atom. The molecule has 0 radical (unpaired) electrons. The van der Waals surface area contributed by atoms with Crippen LogP contribution < -0.4 is 21.7 Å². The van der Waals surface area contributed by atoms with Crippen LogP contribution >= 0.6 is 11.6 Å². The Kier molecular flexibility index (Phi) is 6.25. The van der Waals surface area contributed by atoms with Crippen molar-refractivity contribution in [3.8, 4) is 0 Å². The third-order valence-electron chi connectivity index (χ3n) is 3.90. The number of halogens is 2. The van der Waals surface area contributed by atoms with E-state index in [0.717, 1.165) is 0 Å². The number of anilines is 1. The molecule has 0 aliphatic heterocycles. The molecule has 0 spiro atoms. The van der Waals surface area contributed by atoms with Gasteiger partial charge in [-0.25, -0.2) is 14.6 Å². The fraction of sp³-hybridized carbons (Fsp3) is 0.0500. The second-order valence-electron chi connectivity index (χ2n) is 6.02. The molecule has 0 atom stereocenters. The molecule has 3 amide bonds. The number of rotatable bonds is 4. The van der Waals surface area contributed by atoms with Crippen LogP contribution in [0.25, 0.3) is 0 Å². The smallest absolute Gasteiger partial charge is 0.310 e. The first kappa shape index (κ1) is 20.1. The molecular weight excluding hydrogens is 399 g/mol. The van der Waals surface area contributed by atoms with Gasteiger partial charge < -0.3 is 9.88 Å². The van der Waals surface area contributed by atoms with Crippen LogP contribution in [0.15, 0.2) is 71.7 Å². The number of benzene rings is 2. The van der Waals surface area contributed by atoms with Gasteiger partial charge >= 0.3 is 6.03 Å². The maximum Gasteiger partial charge on any atom is 0.337 e. The van der Waals surface area contributed by atoms with Crippen LogP contribution in [-0.2, 0) is 6.54 Å². The quantitative estimate of drug-likeness (QED) is 0.572. The van der Waals surface area contributed by atoms with Crippen molar-refractivity contribution < 1.29 is 14.0 Å². The van der Waals surface area contributed by atoms with Gasteiger partial charge in [0.05, 0.1) is 6.54 Å². The van der Waals surface area contributed by atoms with Crippen molar-refractivity contribution in [2.45, 2.75) is 6.54 Å². The first-order chi connectivity index (χ1) is 13.9. The molecule has 7 nitrogen and oxygen atoms in total. The van der Waals surface area contributed by atoms with Crippen LogP contribution in [0.1, 0.15) is 15.9 Å². The molecule has 29 heavy (non-hydrogen) atoms. The molecular formula is C20H16ClFN4O3. The lowest BCUT2D eigenvalue weighted by Crippen LogP contribution is -2.45. The van der Waals surface area contributed by atoms with Gasteiger partial charge in [-0.1, -0.05) is 23.7 Å². The number of pyridine rings is 1. The Bertz CT molecular complexity index is 1100. The molecule has 0 aliphatic rings. The number of aromatic nitrogens is 1. The van der Waals surface area contributed by atoms with Gasteiger partial charge in [0.25, 0.3) is 11.5 Å². The van der Waals surface area contributed by atoms with Crippen molar-refractivity contribution in [2.24, 2.45) is 0 Å². The summed E-state index contributed by atoms with van der Waals surface area (Å²) in [5.41, 5.74) is 4.64. The summed E-state index contributed by atoms with van der Waals surface area (Å²) in [6, 6.07) is 14.3. The molecule has 9 heteroatoms. The standard InChI is InChI=1S/C20H16ClFN4O3/c21-14-6-8-16(9-7-14)23-20(29)25-24-18(27)17-5-2-10-26(19(17)28)12-13-3-1-4-15(22)11-13/h1-11H,12H2,(H,24,27)(H2,23,25,29). The van der Waals surface area contributed by atoms with E-state index in [1.807, 2.05) is 0 Å². The van der Waals surface area contributed by atoms with E-state index in [2.05, 4.69) is 16.2 Å². The van der Waals surface area contributed by atoms with Gasteiger partial charge in [0.15, 0.2) is 0 Å². The number of urea groups is 1. The first-order valence-electron chi connectivity index (χ1n) is 8.49. The SMILES string of the molecule is O=C(NNC(=O)c1cccn(Cc2cccc(F)c2)c1=O)Nc1ccc(Cl)cc1. The predicted molar refractivity (Wildman–Crippen MR) is 107 cm³/mol. The van der Waals surface area contributed by atoms with Gasteiger partial charge in [0, 0.05) is 16.9 Å². The minimum absolute atomic E-state index is 0.0994. The second kappa shape index (κ2) is 9.03. The molecule has 3 rings (SSSR count). The summed E-state index contributed by atoms with van der Waals surface area (Å²) in [6.07, 6.45) is 1.49. The van der Waals surface area contributed by atoms with Gasteiger partial charge in [-0.05, 0) is 54.1 Å². The zero-order valence-corrected chi connectivity index (χ0v) is 15.7. The van der Waals surface area contributed by atoms with Crippen LogP contribution in [0.4, 0.5) is 14.9 Å². The normalized spacial score (nSPS) is 10.3. The van der Waals surface area contributed by atoms with Crippen LogP contribution in [0, 0.1) is 5.82 Å². The minimum atomic E-state index is -0.783. The predicted octanol–water partition coefficient (Wildman–Crippen LogP) is 3.16. The Morgan fingerprint density at radius 1 is 1.00 bits per heavy atom. The third-order valence-corrected chi connectivity index (χ3v) is 4.15. The molecule has 0 bridgehead atoms. The van der Waals surface area contributed by atoms with E-state index in [9.17, 15) is 18.8 Å². The number of hydrogen-bond acceptors (Lipinski definition) is 3. The molecule has 1 aromatic heterocycles. The average molecular weight is 415 g/mol. The van der Waals surface area contributed by atoms with Crippen molar-refractivity contribution in [3.63, 3.8) is 0 Å². The van der Waals surface area contributed by atoms with E-state index in [0.29, 0.717) is 16.3 Å². The van der Waals surface area contributed by atoms with Crippen molar-refractivity contribution >= 4 is 29.2 Å². The summed E-state index contributed by atoms with van der Waals surface area (Å²) >= 11 is 5.77. The summed E-state index contributed by atoms with van der Waals surface area (Å²) in [6.45, 7) is 0.0994. The molecule has 2 aromatic carbocycles. The lowest BCUT2D eigenvalue weighted by molar-refractivity contribution is 0.0936. The number of nitrogens with one attached hydrogen (secondary N) is 3. The summed E-state index contributed by atoms with van der Waals surface area (Å²) in [5.74, 6) is -1.20. The average Bonchev–Trinajstić information content (AvgIpc) is 2.69. The molecule has 0 saturated heterocycles. The van der Waals surface area contributed by atoms with Gasteiger partial charge in [-0.2, -0.15) is 0 Å². The zero-order chi connectivity index (χ0) is 20.8. The number of carbonyl (C=O) groups is 2. The molecule has 148 valence electrons. The van der Waals surface area contributed by atoms with Crippen LogP contribution in [0.5, 0.6) is 0 Å². The maximum atomic E-state index is 13.3. The first-order valence-corrected chi connectivity index (χ1v) is 8.87. The van der Waals surface area contributed by atoms with E-state index in [1.165, 1.54) is 41.1 Å². The van der Waals surface area contributed by atoms with E-state index < -0.39 is 23.3 Å². The lowest BCUT2D eigenvalue weighted by Gasteiger charge is -2.10. The molecule has 3 aromatic rings. The Hall–Kier alpha value is -3.65. The van der Waals surface area contributed by atoms with Crippen molar-refractivity contribution in [3.05, 3.63) is 99.2 Å². The van der Waals surface area contributed by atoms with Crippen molar-refractivity contribution in [1.82, 2.24) is 15.4 Å². The number of hydrazine groups is 1. The zero-order valence-electron chi connectivity index (χ0n) is 15.0. The largest absolute Gasteiger partial charge is 0.337 e. The molecule has 0 aliphatic carbocycles. The van der Waals surface area contributed by atoms with Gasteiger partial charge in [0.2, 0.25) is 0 Å². The highest BCUT2D eigenvalue weighted by Crippen LogP contribution is 2.13. The lowest BCUT2D eigenvalue weighted by atomic mass is 10.2. The second-order valence-corrected chi connectivity index (χ2v) is 6.46. The summed E-state index contributed by atoms with van der Waals surface area (Å²) in [4.78, 5) is 36.7. The topological polar surface area (TPSA) is 92.2 Å². The monoisotopic (exact) mass is 414 g/mol. The number of carbonyl (C=O) groups excluding carboxylic acids is 2. The minimum Gasteiger partial charge on any atom is -0.310 e. The Balaban J connectivity index is 1.64. The third kappa shape index (κ3) is 5.43. The van der Waals surface area contributed by atoms with Gasteiger partial charge in [-0.15, -0.1) is 0 Å².